The highest BCUT2D eigenvalue weighted by atomic mass is 16.5. The Morgan fingerprint density at radius 2 is 2.10 bits per heavy atom. The summed E-state index contributed by atoms with van der Waals surface area (Å²) in [6.07, 6.45) is 6.72. The van der Waals surface area contributed by atoms with E-state index in [-0.39, 0.29) is 6.04 Å². The quantitative estimate of drug-likeness (QED) is 0.675. The third-order valence-electron chi connectivity index (χ3n) is 3.28. The summed E-state index contributed by atoms with van der Waals surface area (Å²) < 4.78 is 5.34. The van der Waals surface area contributed by atoms with Crippen molar-refractivity contribution in [3.8, 4) is 5.75 Å². The predicted octanol–water partition coefficient (Wildman–Crippen LogP) is 4.34. The van der Waals surface area contributed by atoms with Gasteiger partial charge < -0.3 is 10.1 Å². The molecule has 1 unspecified atom stereocenters. The van der Waals surface area contributed by atoms with E-state index in [0.29, 0.717) is 0 Å². The molecule has 1 N–H and O–H groups in total. The second-order valence-corrected chi connectivity index (χ2v) is 4.75. The number of ether oxygens (including phenoxy) is 1. The molecule has 0 bridgehead atoms. The molecule has 0 amide bonds. The molecule has 0 fully saturated rings. The van der Waals surface area contributed by atoms with Gasteiger partial charge in [-0.2, -0.15) is 0 Å². The van der Waals surface area contributed by atoms with Crippen LogP contribution in [0, 0.1) is 0 Å². The average molecular weight is 271 g/mol. The summed E-state index contributed by atoms with van der Waals surface area (Å²) in [6.45, 7) is 13.9. The van der Waals surface area contributed by atoms with Gasteiger partial charge in [0.05, 0.1) is 7.11 Å². The Morgan fingerprint density at radius 1 is 1.35 bits per heavy atom. The molecule has 0 heterocycles. The van der Waals surface area contributed by atoms with E-state index < -0.39 is 0 Å². The Bertz CT molecular complexity index is 454. The van der Waals surface area contributed by atoms with E-state index in [1.165, 1.54) is 5.56 Å². The van der Waals surface area contributed by atoms with Crippen LogP contribution in [0.1, 0.15) is 30.9 Å². The minimum absolute atomic E-state index is 0.205. The summed E-state index contributed by atoms with van der Waals surface area (Å²) in [7, 11) is 1.69. The van der Waals surface area contributed by atoms with Crippen molar-refractivity contribution < 1.29 is 4.74 Å². The lowest BCUT2D eigenvalue weighted by atomic mass is 10.0. The zero-order valence-corrected chi connectivity index (χ0v) is 12.6. The van der Waals surface area contributed by atoms with E-state index in [0.717, 1.165) is 36.3 Å². The number of allylic oxidation sites excluding steroid dienone is 1. The Hall–Kier alpha value is -1.96. The van der Waals surface area contributed by atoms with Crippen LogP contribution < -0.4 is 10.1 Å². The van der Waals surface area contributed by atoms with E-state index in [4.69, 9.17) is 4.74 Å². The van der Waals surface area contributed by atoms with Crippen molar-refractivity contribution in [1.29, 1.82) is 0 Å². The van der Waals surface area contributed by atoms with Crippen molar-refractivity contribution in [2.24, 2.45) is 0 Å². The average Bonchev–Trinajstić information content (AvgIpc) is 2.50. The molecule has 0 aliphatic carbocycles. The molecule has 0 aromatic heterocycles. The van der Waals surface area contributed by atoms with E-state index >= 15 is 0 Å². The normalized spacial score (nSPS) is 11.5. The van der Waals surface area contributed by atoms with Crippen molar-refractivity contribution in [3.05, 3.63) is 61.2 Å². The van der Waals surface area contributed by atoms with Gasteiger partial charge in [-0.05, 0) is 43.0 Å². The van der Waals surface area contributed by atoms with Gasteiger partial charge in [0.1, 0.15) is 5.75 Å². The van der Waals surface area contributed by atoms with Crippen LogP contribution in [0.5, 0.6) is 5.75 Å². The lowest BCUT2D eigenvalue weighted by molar-refractivity contribution is 0.414. The summed E-state index contributed by atoms with van der Waals surface area (Å²) in [5.41, 5.74) is 3.20. The third kappa shape index (κ3) is 4.61. The molecule has 1 atom stereocenters. The van der Waals surface area contributed by atoms with Gasteiger partial charge in [-0.15, -0.1) is 13.2 Å². The van der Waals surface area contributed by atoms with Crippen molar-refractivity contribution in [2.45, 2.75) is 32.2 Å². The molecule has 0 saturated carbocycles. The van der Waals surface area contributed by atoms with Gasteiger partial charge in [0.2, 0.25) is 0 Å². The topological polar surface area (TPSA) is 21.3 Å². The second kappa shape index (κ2) is 8.26. The highest BCUT2D eigenvalue weighted by molar-refractivity contribution is 5.64. The van der Waals surface area contributed by atoms with Gasteiger partial charge in [-0.1, -0.05) is 25.7 Å². The fourth-order valence-corrected chi connectivity index (χ4v) is 2.01. The molecule has 0 aliphatic heterocycles. The molecular formula is C18H25NO. The van der Waals surface area contributed by atoms with Gasteiger partial charge in [0.15, 0.2) is 0 Å². The first kappa shape index (κ1) is 16.1. The number of methoxy groups -OCH3 is 1. The minimum Gasteiger partial charge on any atom is -0.497 e. The number of hydrogen-bond acceptors (Lipinski definition) is 2. The van der Waals surface area contributed by atoms with E-state index in [9.17, 15) is 0 Å². The van der Waals surface area contributed by atoms with Crippen molar-refractivity contribution in [3.63, 3.8) is 0 Å². The molecule has 2 heteroatoms. The lowest BCUT2D eigenvalue weighted by Crippen LogP contribution is -2.24. The first-order valence-corrected chi connectivity index (χ1v) is 7.01. The standard InChI is InChI=1S/C18H25NO/c1-6-9-10-17(8-3)19-14(4)16-11-15(7-2)12-18(13-16)20-5/h6,8,11-13,17,19H,1,3-4,7,9-10H2,2,5H3. The number of nitrogens with one attached hydrogen (secondary N) is 1. The summed E-state index contributed by atoms with van der Waals surface area (Å²) in [6, 6.07) is 6.41. The molecule has 0 aliphatic rings. The first-order chi connectivity index (χ1) is 9.64. The van der Waals surface area contributed by atoms with E-state index in [2.05, 4.69) is 44.1 Å². The highest BCUT2D eigenvalue weighted by Gasteiger charge is 2.08. The summed E-state index contributed by atoms with van der Waals surface area (Å²) in [5.74, 6) is 0.864. The molecule has 1 rings (SSSR count). The SMILES string of the molecule is C=CCCC(C=C)NC(=C)c1cc(CC)cc(OC)c1. The largest absolute Gasteiger partial charge is 0.497 e. The minimum atomic E-state index is 0.205. The zero-order valence-electron chi connectivity index (χ0n) is 12.6. The van der Waals surface area contributed by atoms with Gasteiger partial charge in [0, 0.05) is 17.3 Å². The molecule has 0 spiro atoms. The van der Waals surface area contributed by atoms with Crippen LogP contribution in [0.25, 0.3) is 5.70 Å². The molecule has 1 aromatic carbocycles. The maximum absolute atomic E-state index is 5.34. The summed E-state index contributed by atoms with van der Waals surface area (Å²) in [5, 5.41) is 3.40. The molecule has 0 saturated heterocycles. The maximum atomic E-state index is 5.34. The summed E-state index contributed by atoms with van der Waals surface area (Å²) in [4.78, 5) is 0. The van der Waals surface area contributed by atoms with Crippen LogP contribution in [-0.2, 0) is 6.42 Å². The smallest absolute Gasteiger partial charge is 0.119 e. The van der Waals surface area contributed by atoms with Crippen LogP contribution in [0.15, 0.2) is 50.1 Å². The van der Waals surface area contributed by atoms with Gasteiger partial charge in [-0.25, -0.2) is 0 Å². The molecule has 108 valence electrons. The third-order valence-corrected chi connectivity index (χ3v) is 3.28. The predicted molar refractivity (Wildman–Crippen MR) is 88.0 cm³/mol. The molecule has 2 nitrogen and oxygen atoms in total. The molecule has 20 heavy (non-hydrogen) atoms. The van der Waals surface area contributed by atoms with Crippen LogP contribution in [0.2, 0.25) is 0 Å². The van der Waals surface area contributed by atoms with Crippen molar-refractivity contribution in [2.75, 3.05) is 7.11 Å². The van der Waals surface area contributed by atoms with Crippen molar-refractivity contribution >= 4 is 5.70 Å². The second-order valence-electron chi connectivity index (χ2n) is 4.75. The molecular weight excluding hydrogens is 246 g/mol. The van der Waals surface area contributed by atoms with E-state index in [1.807, 2.05) is 18.2 Å². The van der Waals surface area contributed by atoms with Crippen LogP contribution in [0.3, 0.4) is 0 Å². The number of hydrogen-bond donors (Lipinski definition) is 1. The lowest BCUT2D eigenvalue weighted by Gasteiger charge is -2.18. The van der Waals surface area contributed by atoms with Gasteiger partial charge >= 0.3 is 0 Å². The first-order valence-electron chi connectivity index (χ1n) is 7.01. The van der Waals surface area contributed by atoms with Gasteiger partial charge in [0.25, 0.3) is 0 Å². The number of benzene rings is 1. The van der Waals surface area contributed by atoms with Gasteiger partial charge in [-0.3, -0.25) is 0 Å². The maximum Gasteiger partial charge on any atom is 0.119 e. The van der Waals surface area contributed by atoms with Crippen LogP contribution >= 0.6 is 0 Å². The zero-order chi connectivity index (χ0) is 15.0. The van der Waals surface area contributed by atoms with Crippen LogP contribution in [0.4, 0.5) is 0 Å². The number of aryl methyl sites for hydroxylation is 1. The Labute approximate surface area is 122 Å². The Kier molecular flexibility index (Phi) is 6.65. The highest BCUT2D eigenvalue weighted by Crippen LogP contribution is 2.22. The molecule has 0 radical (unpaired) electrons. The Morgan fingerprint density at radius 3 is 2.65 bits per heavy atom. The van der Waals surface area contributed by atoms with Crippen LogP contribution in [-0.4, -0.2) is 13.2 Å². The monoisotopic (exact) mass is 271 g/mol. The molecule has 1 aromatic rings. The fourth-order valence-electron chi connectivity index (χ4n) is 2.01. The fraction of sp³-hybridized carbons (Fsp3) is 0.333. The summed E-state index contributed by atoms with van der Waals surface area (Å²) >= 11 is 0. The Balaban J connectivity index is 2.84. The van der Waals surface area contributed by atoms with Crippen molar-refractivity contribution in [1.82, 2.24) is 5.32 Å². The van der Waals surface area contributed by atoms with E-state index in [1.54, 1.807) is 7.11 Å². The number of rotatable bonds is 9.